The quantitative estimate of drug-likeness (QED) is 0.221. The zero-order valence-electron chi connectivity index (χ0n) is 23.4. The molecule has 3 aromatic rings. The van der Waals surface area contributed by atoms with E-state index in [9.17, 15) is 23.2 Å². The Hall–Kier alpha value is -3.92. The van der Waals surface area contributed by atoms with Crippen molar-refractivity contribution in [3.05, 3.63) is 107 Å². The lowest BCUT2D eigenvalue weighted by Gasteiger charge is -2.30. The van der Waals surface area contributed by atoms with Crippen LogP contribution in [0.1, 0.15) is 47.7 Å². The SMILES string of the molecule is CCCCOC(=O)N1C[C@H](SC(=O)c2ccccc2)C[C@H]1CN(Cc1cc(F)ccc1F)C(=O)OCc1ccccc1. The first-order valence-electron chi connectivity index (χ1n) is 13.9. The van der Waals surface area contributed by atoms with Crippen LogP contribution < -0.4 is 0 Å². The van der Waals surface area contributed by atoms with Crippen molar-refractivity contribution in [2.24, 2.45) is 0 Å². The molecule has 3 aromatic carbocycles. The molecule has 1 aliphatic heterocycles. The highest BCUT2D eigenvalue weighted by Crippen LogP contribution is 2.31. The molecule has 42 heavy (non-hydrogen) atoms. The third-order valence-electron chi connectivity index (χ3n) is 6.88. The van der Waals surface area contributed by atoms with E-state index in [4.69, 9.17) is 9.47 Å². The summed E-state index contributed by atoms with van der Waals surface area (Å²) in [5.74, 6) is -1.30. The molecule has 0 unspecified atom stereocenters. The maximum Gasteiger partial charge on any atom is 0.410 e. The Bertz CT molecular complexity index is 1350. The van der Waals surface area contributed by atoms with E-state index in [1.807, 2.05) is 31.2 Å². The van der Waals surface area contributed by atoms with Gasteiger partial charge in [-0.3, -0.25) is 4.79 Å². The van der Waals surface area contributed by atoms with Crippen molar-refractivity contribution in [3.8, 4) is 0 Å². The van der Waals surface area contributed by atoms with Gasteiger partial charge in [0.1, 0.15) is 18.2 Å². The topological polar surface area (TPSA) is 76.2 Å². The van der Waals surface area contributed by atoms with Crippen LogP contribution in [-0.2, 0) is 22.6 Å². The average Bonchev–Trinajstić information content (AvgIpc) is 3.40. The Kier molecular flexibility index (Phi) is 11.3. The molecule has 1 heterocycles. The third kappa shape index (κ3) is 8.79. The number of carbonyl (C=O) groups is 3. The summed E-state index contributed by atoms with van der Waals surface area (Å²) < 4.78 is 39.7. The van der Waals surface area contributed by atoms with Gasteiger partial charge in [0.15, 0.2) is 0 Å². The molecule has 0 bridgehead atoms. The van der Waals surface area contributed by atoms with Gasteiger partial charge in [-0.1, -0.05) is 85.8 Å². The van der Waals surface area contributed by atoms with E-state index in [0.29, 0.717) is 18.4 Å². The van der Waals surface area contributed by atoms with E-state index in [0.717, 1.165) is 41.9 Å². The fraction of sp³-hybridized carbons (Fsp3) is 0.344. The van der Waals surface area contributed by atoms with Gasteiger partial charge >= 0.3 is 12.2 Å². The number of hydrogen-bond donors (Lipinski definition) is 0. The molecule has 2 amide bonds. The van der Waals surface area contributed by atoms with Crippen LogP contribution in [0.5, 0.6) is 0 Å². The van der Waals surface area contributed by atoms with Crippen molar-refractivity contribution in [2.75, 3.05) is 19.7 Å². The number of rotatable bonds is 11. The van der Waals surface area contributed by atoms with Crippen LogP contribution in [0, 0.1) is 11.6 Å². The van der Waals surface area contributed by atoms with Gasteiger partial charge in [-0.15, -0.1) is 0 Å². The number of halogens is 2. The molecule has 1 fully saturated rings. The van der Waals surface area contributed by atoms with Crippen molar-refractivity contribution in [3.63, 3.8) is 0 Å². The highest BCUT2D eigenvalue weighted by atomic mass is 32.2. The Morgan fingerprint density at radius 2 is 1.69 bits per heavy atom. The molecule has 1 aliphatic rings. The van der Waals surface area contributed by atoms with E-state index in [2.05, 4.69) is 0 Å². The summed E-state index contributed by atoms with van der Waals surface area (Å²) in [4.78, 5) is 42.2. The van der Waals surface area contributed by atoms with Crippen molar-refractivity contribution in [1.82, 2.24) is 9.80 Å². The lowest BCUT2D eigenvalue weighted by Crippen LogP contribution is -2.45. The van der Waals surface area contributed by atoms with Gasteiger partial charge in [0, 0.05) is 29.5 Å². The summed E-state index contributed by atoms with van der Waals surface area (Å²) in [6.07, 6.45) is 0.656. The molecule has 222 valence electrons. The zero-order chi connectivity index (χ0) is 29.9. The minimum Gasteiger partial charge on any atom is -0.449 e. The monoisotopic (exact) mass is 596 g/mol. The minimum absolute atomic E-state index is 0.0146. The van der Waals surface area contributed by atoms with E-state index < -0.39 is 29.9 Å². The number of amides is 2. The van der Waals surface area contributed by atoms with Crippen LogP contribution in [-0.4, -0.2) is 58.1 Å². The largest absolute Gasteiger partial charge is 0.449 e. The third-order valence-corrected chi connectivity index (χ3v) is 8.01. The molecule has 2 atom stereocenters. The molecule has 7 nitrogen and oxygen atoms in total. The molecule has 0 aliphatic carbocycles. The summed E-state index contributed by atoms with van der Waals surface area (Å²) in [5.41, 5.74) is 1.29. The lowest BCUT2D eigenvalue weighted by atomic mass is 10.1. The number of ether oxygens (including phenoxy) is 2. The number of hydrogen-bond acceptors (Lipinski definition) is 6. The zero-order valence-corrected chi connectivity index (χ0v) is 24.2. The summed E-state index contributed by atoms with van der Waals surface area (Å²) in [6.45, 7) is 2.16. The van der Waals surface area contributed by atoms with Crippen LogP contribution in [0.3, 0.4) is 0 Å². The van der Waals surface area contributed by atoms with Crippen molar-refractivity contribution in [1.29, 1.82) is 0 Å². The maximum absolute atomic E-state index is 14.6. The molecule has 4 rings (SSSR count). The first-order valence-corrected chi connectivity index (χ1v) is 14.8. The Labute approximate surface area is 248 Å². The second kappa shape index (κ2) is 15.3. The van der Waals surface area contributed by atoms with Gasteiger partial charge < -0.3 is 19.3 Å². The minimum atomic E-state index is -0.738. The summed E-state index contributed by atoms with van der Waals surface area (Å²) in [5, 5.41) is -0.379. The summed E-state index contributed by atoms with van der Waals surface area (Å²) in [6, 6.07) is 20.5. The normalized spacial score (nSPS) is 16.2. The molecule has 1 saturated heterocycles. The number of thioether (sulfide) groups is 1. The van der Waals surface area contributed by atoms with Gasteiger partial charge in [-0.25, -0.2) is 18.4 Å². The fourth-order valence-electron chi connectivity index (χ4n) is 4.67. The van der Waals surface area contributed by atoms with Crippen LogP contribution in [0.25, 0.3) is 0 Å². The molecule has 0 spiro atoms. The molecular weight excluding hydrogens is 562 g/mol. The van der Waals surface area contributed by atoms with Gasteiger partial charge in [-0.2, -0.15) is 0 Å². The number of unbranched alkanes of at least 4 members (excludes halogenated alkanes) is 1. The average molecular weight is 597 g/mol. The van der Waals surface area contributed by atoms with Crippen molar-refractivity contribution < 1.29 is 32.6 Å². The van der Waals surface area contributed by atoms with Crippen LogP contribution in [0.2, 0.25) is 0 Å². The van der Waals surface area contributed by atoms with E-state index in [-0.39, 0.29) is 48.8 Å². The predicted molar refractivity (Wildman–Crippen MR) is 157 cm³/mol. The van der Waals surface area contributed by atoms with Gasteiger partial charge in [0.25, 0.3) is 0 Å². The van der Waals surface area contributed by atoms with E-state index in [1.165, 1.54) is 9.80 Å². The molecule has 10 heteroatoms. The fourth-order valence-corrected chi connectivity index (χ4v) is 5.80. The van der Waals surface area contributed by atoms with Gasteiger partial charge in [0.05, 0.1) is 19.2 Å². The van der Waals surface area contributed by atoms with Crippen LogP contribution in [0.4, 0.5) is 18.4 Å². The second-order valence-corrected chi connectivity index (χ2v) is 11.3. The first-order chi connectivity index (χ1) is 20.3. The molecule has 0 aromatic heterocycles. The summed E-state index contributed by atoms with van der Waals surface area (Å²) in [7, 11) is 0. The van der Waals surface area contributed by atoms with E-state index in [1.54, 1.807) is 36.4 Å². The Balaban J connectivity index is 1.54. The standard InChI is InChI=1S/C32H34F2N2O5S/c1-2-3-16-40-32(39)36-21-28(42-30(37)24-12-8-5-9-13-24)18-27(36)20-35(19-25-17-26(33)14-15-29(25)34)31(38)41-22-23-10-6-4-7-11-23/h4-15,17,27-28H,2-3,16,18-22H2,1H3/t27-,28+/m0/s1. The number of nitrogens with zero attached hydrogens (tertiary/aromatic N) is 2. The summed E-state index contributed by atoms with van der Waals surface area (Å²) >= 11 is 1.13. The van der Waals surface area contributed by atoms with Crippen molar-refractivity contribution in [2.45, 2.75) is 50.6 Å². The van der Waals surface area contributed by atoms with Gasteiger partial charge in [0.2, 0.25) is 5.12 Å². The Morgan fingerprint density at radius 3 is 2.40 bits per heavy atom. The highest BCUT2D eigenvalue weighted by molar-refractivity contribution is 8.14. The number of likely N-dealkylation sites (tertiary alicyclic amines) is 1. The van der Waals surface area contributed by atoms with Gasteiger partial charge in [-0.05, 0) is 36.6 Å². The molecule has 0 N–H and O–H groups in total. The van der Waals surface area contributed by atoms with Crippen LogP contribution in [0.15, 0.2) is 78.9 Å². The smallest absolute Gasteiger partial charge is 0.410 e. The predicted octanol–water partition coefficient (Wildman–Crippen LogP) is 7.06. The number of carbonyl (C=O) groups excluding carboxylic acids is 3. The maximum atomic E-state index is 14.6. The molecular formula is C32H34F2N2O5S. The van der Waals surface area contributed by atoms with E-state index >= 15 is 0 Å². The van der Waals surface area contributed by atoms with Crippen LogP contribution >= 0.6 is 11.8 Å². The molecule has 0 radical (unpaired) electrons. The highest BCUT2D eigenvalue weighted by Gasteiger charge is 2.39. The second-order valence-electron chi connectivity index (χ2n) is 10.1. The Morgan fingerprint density at radius 1 is 0.976 bits per heavy atom. The number of benzene rings is 3. The lowest BCUT2D eigenvalue weighted by molar-refractivity contribution is 0.0701. The first kappa shape index (κ1) is 31.0. The molecule has 0 saturated carbocycles. The van der Waals surface area contributed by atoms with Crippen molar-refractivity contribution >= 4 is 29.1 Å².